The summed E-state index contributed by atoms with van der Waals surface area (Å²) in [4.78, 5) is 37.0. The number of sulfonamides is 1. The molecule has 0 spiro atoms. The maximum absolute atomic E-state index is 13.1. The summed E-state index contributed by atoms with van der Waals surface area (Å²) in [6.45, 7) is 2.16. The Labute approximate surface area is 190 Å². The number of hydrogen-bond acceptors (Lipinski definition) is 6. The van der Waals surface area contributed by atoms with Crippen molar-refractivity contribution in [2.45, 2.75) is 24.3 Å². The monoisotopic (exact) mass is 478 g/mol. The Morgan fingerprint density at radius 3 is 2.45 bits per heavy atom. The Kier molecular flexibility index (Phi) is 7.39. The van der Waals surface area contributed by atoms with Gasteiger partial charge in [-0.2, -0.15) is 4.31 Å². The largest absolute Gasteiger partial charge is 0.341 e. The minimum Gasteiger partial charge on any atom is -0.341 e. The molecule has 33 heavy (non-hydrogen) atoms. The minimum atomic E-state index is -3.83. The van der Waals surface area contributed by atoms with Crippen molar-refractivity contribution in [3.63, 3.8) is 0 Å². The number of rotatable bonds is 6. The highest BCUT2D eigenvalue weighted by atomic mass is 32.2. The third kappa shape index (κ3) is 5.71. The van der Waals surface area contributed by atoms with Crippen molar-refractivity contribution < 1.29 is 27.3 Å². The van der Waals surface area contributed by atoms with Gasteiger partial charge in [-0.25, -0.2) is 12.8 Å². The molecule has 176 valence electrons. The smallest absolute Gasteiger partial charge is 0.270 e. The van der Waals surface area contributed by atoms with Gasteiger partial charge in [0, 0.05) is 43.9 Å². The molecule has 2 aromatic rings. The summed E-state index contributed by atoms with van der Waals surface area (Å²) >= 11 is 0. The molecule has 0 radical (unpaired) electrons. The molecule has 1 heterocycles. The van der Waals surface area contributed by atoms with E-state index in [2.05, 4.69) is 5.32 Å². The fourth-order valence-corrected chi connectivity index (χ4v) is 4.96. The Morgan fingerprint density at radius 2 is 1.79 bits per heavy atom. The molecule has 1 atom stereocenters. The molecule has 0 saturated carbocycles. The first-order chi connectivity index (χ1) is 15.6. The zero-order chi connectivity index (χ0) is 24.2. The van der Waals surface area contributed by atoms with Crippen LogP contribution in [0.15, 0.2) is 53.4 Å². The fourth-order valence-electron chi connectivity index (χ4n) is 3.49. The summed E-state index contributed by atoms with van der Waals surface area (Å²) in [6, 6.07) is 8.79. The summed E-state index contributed by atoms with van der Waals surface area (Å²) in [5.74, 6) is -1.56. The lowest BCUT2D eigenvalue weighted by atomic mass is 10.1. The zero-order valence-electron chi connectivity index (χ0n) is 17.8. The van der Waals surface area contributed by atoms with Crippen LogP contribution in [0.2, 0.25) is 0 Å². The maximum atomic E-state index is 13.1. The molecule has 10 nitrogen and oxygen atoms in total. The number of nitrogens with one attached hydrogen (secondary N) is 1. The van der Waals surface area contributed by atoms with Gasteiger partial charge < -0.3 is 10.2 Å². The zero-order valence-corrected chi connectivity index (χ0v) is 18.6. The second kappa shape index (κ2) is 10.0. The molecule has 0 bridgehead atoms. The van der Waals surface area contributed by atoms with E-state index in [4.69, 9.17) is 0 Å². The molecule has 1 N–H and O–H groups in total. The quantitative estimate of drug-likeness (QED) is 0.498. The van der Waals surface area contributed by atoms with E-state index >= 15 is 0 Å². The number of carbonyl (C=O) groups is 2. The Morgan fingerprint density at radius 1 is 1.09 bits per heavy atom. The minimum absolute atomic E-state index is 0.0266. The number of hydrogen-bond donors (Lipinski definition) is 1. The van der Waals surface area contributed by atoms with E-state index in [1.165, 1.54) is 46.5 Å². The first-order valence-electron chi connectivity index (χ1n) is 10.2. The third-order valence-electron chi connectivity index (χ3n) is 5.26. The maximum Gasteiger partial charge on any atom is 0.270 e. The van der Waals surface area contributed by atoms with Crippen molar-refractivity contribution in [1.82, 2.24) is 14.5 Å². The normalized spacial score (nSPS) is 16.0. The van der Waals surface area contributed by atoms with E-state index in [1.807, 2.05) is 0 Å². The molecule has 1 aliphatic heterocycles. The van der Waals surface area contributed by atoms with Gasteiger partial charge in [-0.15, -0.1) is 0 Å². The molecule has 2 amide bonds. The van der Waals surface area contributed by atoms with Crippen LogP contribution in [-0.4, -0.2) is 66.6 Å². The molecule has 1 fully saturated rings. The van der Waals surface area contributed by atoms with Crippen LogP contribution in [0.5, 0.6) is 0 Å². The second-order valence-electron chi connectivity index (χ2n) is 7.54. The second-order valence-corrected chi connectivity index (χ2v) is 9.48. The van der Waals surface area contributed by atoms with Crippen molar-refractivity contribution in [2.24, 2.45) is 0 Å². The van der Waals surface area contributed by atoms with Crippen LogP contribution in [0.25, 0.3) is 0 Å². The molecule has 12 heteroatoms. The summed E-state index contributed by atoms with van der Waals surface area (Å²) in [5, 5.41) is 13.4. The number of nitro benzene ring substituents is 1. The number of amides is 2. The Bertz CT molecular complexity index is 1160. The van der Waals surface area contributed by atoms with Crippen LogP contribution < -0.4 is 5.32 Å². The van der Waals surface area contributed by atoms with Gasteiger partial charge in [0.05, 0.1) is 9.82 Å². The lowest BCUT2D eigenvalue weighted by molar-refractivity contribution is -0.384. The van der Waals surface area contributed by atoms with Crippen LogP contribution in [0.1, 0.15) is 23.7 Å². The van der Waals surface area contributed by atoms with Gasteiger partial charge in [0.2, 0.25) is 15.9 Å². The summed E-state index contributed by atoms with van der Waals surface area (Å²) in [5.41, 5.74) is -0.187. The van der Waals surface area contributed by atoms with Crippen LogP contribution in [0.3, 0.4) is 0 Å². The molecule has 3 rings (SSSR count). The molecule has 0 aromatic heterocycles. The van der Waals surface area contributed by atoms with Crippen molar-refractivity contribution in [3.8, 4) is 0 Å². The third-order valence-corrected chi connectivity index (χ3v) is 7.17. The van der Waals surface area contributed by atoms with E-state index in [0.29, 0.717) is 13.0 Å². The predicted octanol–water partition coefficient (Wildman–Crippen LogP) is 1.78. The van der Waals surface area contributed by atoms with Gasteiger partial charge in [-0.1, -0.05) is 6.07 Å². The van der Waals surface area contributed by atoms with Gasteiger partial charge in [0.1, 0.15) is 11.9 Å². The lowest BCUT2D eigenvalue weighted by Gasteiger charge is -2.25. The fraction of sp³-hybridized carbons (Fsp3) is 0.333. The van der Waals surface area contributed by atoms with Gasteiger partial charge in [-0.05, 0) is 43.7 Å². The number of nitrogens with zero attached hydrogens (tertiary/aromatic N) is 3. The SMILES string of the molecule is C[C@H](NC(=O)c1cccc([N+](=O)[O-])c1)C(=O)N1CCCN(S(=O)(=O)c2ccc(F)cc2)CC1. The van der Waals surface area contributed by atoms with Crippen molar-refractivity contribution in [1.29, 1.82) is 0 Å². The topological polar surface area (TPSA) is 130 Å². The van der Waals surface area contributed by atoms with Crippen LogP contribution in [-0.2, 0) is 14.8 Å². The van der Waals surface area contributed by atoms with Crippen molar-refractivity contribution in [3.05, 3.63) is 70.0 Å². The van der Waals surface area contributed by atoms with Crippen molar-refractivity contribution in [2.75, 3.05) is 26.2 Å². The number of non-ortho nitro benzene ring substituents is 1. The highest BCUT2D eigenvalue weighted by Gasteiger charge is 2.30. The van der Waals surface area contributed by atoms with Crippen LogP contribution >= 0.6 is 0 Å². The van der Waals surface area contributed by atoms with Crippen LogP contribution in [0.4, 0.5) is 10.1 Å². The molecule has 0 unspecified atom stereocenters. The first-order valence-corrected chi connectivity index (χ1v) is 11.6. The first kappa shape index (κ1) is 24.3. The Balaban J connectivity index is 1.63. The predicted molar refractivity (Wildman–Crippen MR) is 116 cm³/mol. The Hall–Kier alpha value is -3.38. The molecule has 2 aromatic carbocycles. The molecule has 1 aliphatic rings. The van der Waals surface area contributed by atoms with Gasteiger partial charge >= 0.3 is 0 Å². The van der Waals surface area contributed by atoms with Crippen molar-refractivity contribution >= 4 is 27.5 Å². The highest BCUT2D eigenvalue weighted by molar-refractivity contribution is 7.89. The standard InChI is InChI=1S/C21H23FN4O6S/c1-15(23-20(27)16-4-2-5-18(14-16)26(29)30)21(28)24-10-3-11-25(13-12-24)33(31,32)19-8-6-17(22)7-9-19/h2,4-9,14-15H,3,10-13H2,1H3,(H,23,27)/t15-/m0/s1. The average molecular weight is 479 g/mol. The number of carbonyl (C=O) groups excluding carboxylic acids is 2. The molecule has 0 aliphatic carbocycles. The number of benzene rings is 2. The molecular weight excluding hydrogens is 455 g/mol. The van der Waals surface area contributed by atoms with E-state index < -0.39 is 38.6 Å². The number of nitro groups is 1. The summed E-state index contributed by atoms with van der Waals surface area (Å²) in [6.07, 6.45) is 0.387. The van der Waals surface area contributed by atoms with Crippen LogP contribution in [0, 0.1) is 15.9 Å². The molecular formula is C21H23FN4O6S. The van der Waals surface area contributed by atoms with Gasteiger partial charge in [0.25, 0.3) is 11.6 Å². The summed E-state index contributed by atoms with van der Waals surface area (Å²) in [7, 11) is -3.83. The van der Waals surface area contributed by atoms with E-state index in [-0.39, 0.29) is 35.8 Å². The summed E-state index contributed by atoms with van der Waals surface area (Å²) < 4.78 is 40.1. The van der Waals surface area contributed by atoms with Gasteiger partial charge in [0.15, 0.2) is 0 Å². The average Bonchev–Trinajstić information content (AvgIpc) is 3.05. The number of halogens is 1. The van der Waals surface area contributed by atoms with E-state index in [0.717, 1.165) is 18.2 Å². The molecule has 1 saturated heterocycles. The lowest BCUT2D eigenvalue weighted by Crippen LogP contribution is -2.48. The highest BCUT2D eigenvalue weighted by Crippen LogP contribution is 2.19. The van der Waals surface area contributed by atoms with Gasteiger partial charge in [-0.3, -0.25) is 19.7 Å². The van der Waals surface area contributed by atoms with E-state index in [1.54, 1.807) is 0 Å². The van der Waals surface area contributed by atoms with E-state index in [9.17, 15) is 32.5 Å².